The average molecular weight is 176 g/mol. The summed E-state index contributed by atoms with van der Waals surface area (Å²) in [7, 11) is 1.95. The van der Waals surface area contributed by atoms with Gasteiger partial charge in [-0.25, -0.2) is 0 Å². The molecular formula is C11H16N2. The van der Waals surface area contributed by atoms with Gasteiger partial charge in [0, 0.05) is 5.69 Å². The Labute approximate surface area is 79.5 Å². The predicted octanol–water partition coefficient (Wildman–Crippen LogP) is 1.89. The Morgan fingerprint density at radius 2 is 2.15 bits per heavy atom. The summed E-state index contributed by atoms with van der Waals surface area (Å²) < 4.78 is 0. The van der Waals surface area contributed by atoms with Crippen molar-refractivity contribution in [3.05, 3.63) is 35.9 Å². The van der Waals surface area contributed by atoms with Crippen LogP contribution in [0.15, 0.2) is 30.3 Å². The Morgan fingerprint density at radius 1 is 1.38 bits per heavy atom. The van der Waals surface area contributed by atoms with Gasteiger partial charge in [-0.2, -0.15) is 0 Å². The molecule has 0 spiro atoms. The molecule has 2 heteroatoms. The first-order valence-electron chi connectivity index (χ1n) is 4.50. The third kappa shape index (κ3) is 3.30. The van der Waals surface area contributed by atoms with Crippen molar-refractivity contribution in [1.82, 2.24) is 5.32 Å². The Morgan fingerprint density at radius 3 is 2.85 bits per heavy atom. The van der Waals surface area contributed by atoms with Crippen molar-refractivity contribution in [2.24, 2.45) is 0 Å². The summed E-state index contributed by atoms with van der Waals surface area (Å²) >= 11 is 0. The van der Waals surface area contributed by atoms with Crippen LogP contribution in [0, 0.1) is 0 Å². The molecule has 3 N–H and O–H groups in total. The first-order valence-corrected chi connectivity index (χ1v) is 4.50. The molecule has 70 valence electrons. The lowest BCUT2D eigenvalue weighted by atomic mass is 10.1. The van der Waals surface area contributed by atoms with Gasteiger partial charge >= 0.3 is 0 Å². The minimum absolute atomic E-state index is 0.836. The van der Waals surface area contributed by atoms with E-state index in [1.54, 1.807) is 0 Å². The van der Waals surface area contributed by atoms with Gasteiger partial charge in [0.05, 0.1) is 0 Å². The fourth-order valence-electron chi connectivity index (χ4n) is 1.10. The first kappa shape index (κ1) is 9.81. The fourth-order valence-corrected chi connectivity index (χ4v) is 1.10. The van der Waals surface area contributed by atoms with E-state index < -0.39 is 0 Å². The molecule has 0 unspecified atom stereocenters. The van der Waals surface area contributed by atoms with Gasteiger partial charge in [0.25, 0.3) is 0 Å². The van der Waals surface area contributed by atoms with E-state index in [1.165, 1.54) is 0 Å². The maximum Gasteiger partial charge on any atom is 0.0387 e. The van der Waals surface area contributed by atoms with Gasteiger partial charge in [0.2, 0.25) is 0 Å². The predicted molar refractivity (Wildman–Crippen MR) is 58.4 cm³/mol. The Kier molecular flexibility index (Phi) is 4.06. The monoisotopic (exact) mass is 176 g/mol. The molecule has 0 saturated heterocycles. The Hall–Kier alpha value is -1.28. The highest BCUT2D eigenvalue weighted by Gasteiger charge is 1.90. The van der Waals surface area contributed by atoms with Crippen LogP contribution in [0.5, 0.6) is 0 Å². The molecule has 0 bridgehead atoms. The smallest absolute Gasteiger partial charge is 0.0387 e. The maximum atomic E-state index is 5.77. The molecular weight excluding hydrogens is 160 g/mol. The van der Waals surface area contributed by atoms with Crippen molar-refractivity contribution in [2.75, 3.05) is 19.3 Å². The lowest BCUT2D eigenvalue weighted by Crippen LogP contribution is -2.05. The van der Waals surface area contributed by atoms with Crippen LogP contribution < -0.4 is 11.1 Å². The third-order valence-electron chi connectivity index (χ3n) is 1.85. The van der Waals surface area contributed by atoms with E-state index in [1.807, 2.05) is 31.3 Å². The standard InChI is InChI=1S/C11H16N2/c1-13-9-5-4-7-10-6-2-3-8-11(10)12/h2-4,6-8,13H,5,9,12H2,1H3. The molecule has 0 aromatic heterocycles. The van der Waals surface area contributed by atoms with Gasteiger partial charge in [-0.15, -0.1) is 0 Å². The molecule has 0 heterocycles. The van der Waals surface area contributed by atoms with Crippen molar-refractivity contribution in [1.29, 1.82) is 0 Å². The zero-order valence-corrected chi connectivity index (χ0v) is 7.96. The quantitative estimate of drug-likeness (QED) is 0.543. The molecule has 2 nitrogen and oxygen atoms in total. The van der Waals surface area contributed by atoms with E-state index in [0.29, 0.717) is 0 Å². The second-order valence-electron chi connectivity index (χ2n) is 2.92. The highest BCUT2D eigenvalue weighted by atomic mass is 14.8. The number of hydrogen-bond donors (Lipinski definition) is 2. The minimum Gasteiger partial charge on any atom is -0.398 e. The molecule has 1 rings (SSSR count). The van der Waals surface area contributed by atoms with Crippen LogP contribution in [0.2, 0.25) is 0 Å². The Bertz CT molecular complexity index is 279. The fraction of sp³-hybridized carbons (Fsp3) is 0.273. The van der Waals surface area contributed by atoms with Gasteiger partial charge < -0.3 is 11.1 Å². The molecule has 0 atom stereocenters. The van der Waals surface area contributed by atoms with Crippen LogP contribution >= 0.6 is 0 Å². The van der Waals surface area contributed by atoms with E-state index >= 15 is 0 Å². The van der Waals surface area contributed by atoms with E-state index in [-0.39, 0.29) is 0 Å². The largest absolute Gasteiger partial charge is 0.398 e. The first-order chi connectivity index (χ1) is 6.34. The summed E-state index contributed by atoms with van der Waals surface area (Å²) in [6.45, 7) is 1.00. The topological polar surface area (TPSA) is 38.0 Å². The molecule has 0 amide bonds. The van der Waals surface area contributed by atoms with Crippen molar-refractivity contribution in [3.8, 4) is 0 Å². The van der Waals surface area contributed by atoms with Crippen LogP contribution in [0.3, 0.4) is 0 Å². The molecule has 0 radical (unpaired) electrons. The van der Waals surface area contributed by atoms with E-state index in [9.17, 15) is 0 Å². The highest BCUT2D eigenvalue weighted by Crippen LogP contribution is 2.12. The van der Waals surface area contributed by atoms with Crippen molar-refractivity contribution < 1.29 is 0 Å². The van der Waals surface area contributed by atoms with Crippen LogP contribution in [0.25, 0.3) is 6.08 Å². The lowest BCUT2D eigenvalue weighted by molar-refractivity contribution is 0.809. The summed E-state index contributed by atoms with van der Waals surface area (Å²) in [5.74, 6) is 0. The SMILES string of the molecule is CNCCC=Cc1ccccc1N. The molecule has 0 saturated carbocycles. The minimum atomic E-state index is 0.836. The molecule has 0 aliphatic carbocycles. The number of benzene rings is 1. The number of rotatable bonds is 4. The molecule has 1 aromatic rings. The second kappa shape index (κ2) is 5.38. The number of hydrogen-bond acceptors (Lipinski definition) is 2. The Balaban J connectivity index is 2.53. The van der Waals surface area contributed by atoms with Gasteiger partial charge in [0.1, 0.15) is 0 Å². The molecule has 13 heavy (non-hydrogen) atoms. The lowest BCUT2D eigenvalue weighted by Gasteiger charge is -1.98. The molecule has 0 aliphatic rings. The van der Waals surface area contributed by atoms with Crippen molar-refractivity contribution in [3.63, 3.8) is 0 Å². The zero-order chi connectivity index (χ0) is 9.52. The normalized spacial score (nSPS) is 10.8. The van der Waals surface area contributed by atoms with Crippen molar-refractivity contribution in [2.45, 2.75) is 6.42 Å². The molecule has 0 aliphatic heterocycles. The highest BCUT2D eigenvalue weighted by molar-refractivity contribution is 5.63. The summed E-state index contributed by atoms with van der Waals surface area (Å²) in [6.07, 6.45) is 5.22. The number of para-hydroxylation sites is 1. The van der Waals surface area contributed by atoms with Gasteiger partial charge in [-0.3, -0.25) is 0 Å². The number of nitrogens with one attached hydrogen (secondary N) is 1. The summed E-state index contributed by atoms with van der Waals surface area (Å²) in [5, 5.41) is 3.09. The molecule has 0 fully saturated rings. The zero-order valence-electron chi connectivity index (χ0n) is 7.96. The van der Waals surface area contributed by atoms with Crippen LogP contribution in [0.4, 0.5) is 5.69 Å². The number of nitrogens with two attached hydrogens (primary N) is 1. The maximum absolute atomic E-state index is 5.77. The van der Waals surface area contributed by atoms with Crippen LogP contribution in [0.1, 0.15) is 12.0 Å². The van der Waals surface area contributed by atoms with Gasteiger partial charge in [0.15, 0.2) is 0 Å². The van der Waals surface area contributed by atoms with Gasteiger partial charge in [-0.1, -0.05) is 30.4 Å². The molecule has 1 aromatic carbocycles. The summed E-state index contributed by atoms with van der Waals surface area (Å²) in [6, 6.07) is 7.87. The summed E-state index contributed by atoms with van der Waals surface area (Å²) in [5.41, 5.74) is 7.70. The van der Waals surface area contributed by atoms with Crippen LogP contribution in [-0.2, 0) is 0 Å². The van der Waals surface area contributed by atoms with Crippen molar-refractivity contribution >= 4 is 11.8 Å². The van der Waals surface area contributed by atoms with E-state index in [2.05, 4.69) is 17.5 Å². The van der Waals surface area contributed by atoms with Gasteiger partial charge in [-0.05, 0) is 31.6 Å². The summed E-state index contributed by atoms with van der Waals surface area (Å²) in [4.78, 5) is 0. The number of anilines is 1. The average Bonchev–Trinajstić information content (AvgIpc) is 2.15. The van der Waals surface area contributed by atoms with E-state index in [4.69, 9.17) is 5.73 Å². The second-order valence-corrected chi connectivity index (χ2v) is 2.92. The third-order valence-corrected chi connectivity index (χ3v) is 1.85. The van der Waals surface area contributed by atoms with E-state index in [0.717, 1.165) is 24.2 Å². The van der Waals surface area contributed by atoms with Crippen LogP contribution in [-0.4, -0.2) is 13.6 Å². The number of nitrogen functional groups attached to an aromatic ring is 1.